The Morgan fingerprint density at radius 1 is 1.41 bits per heavy atom. The van der Waals surface area contributed by atoms with Crippen LogP contribution in [-0.4, -0.2) is 36.8 Å². The first-order valence-electron chi connectivity index (χ1n) is 6.61. The average Bonchev–Trinajstić information content (AvgIpc) is 2.79. The topological polar surface area (TPSA) is 29.5 Å². The number of thioether (sulfide) groups is 1. The minimum atomic E-state index is -4.72. The minimum absolute atomic E-state index is 0.105. The molecule has 1 aliphatic rings. The van der Waals surface area contributed by atoms with Crippen molar-refractivity contribution in [2.45, 2.75) is 18.0 Å². The van der Waals surface area contributed by atoms with Gasteiger partial charge >= 0.3 is 6.18 Å². The van der Waals surface area contributed by atoms with Gasteiger partial charge in [-0.05, 0) is 24.1 Å². The number of carbonyl (C=O) groups is 1. The van der Waals surface area contributed by atoms with Crippen molar-refractivity contribution in [3.05, 3.63) is 35.1 Å². The van der Waals surface area contributed by atoms with Crippen molar-refractivity contribution in [3.63, 3.8) is 0 Å². The standard InChI is InChI=1S/C14H15F4NO2S/c1-21-6-2-5-19-12(20)8-22-13(19)9-3-4-10(11(15)7-9)14(16,17)18/h3-4,7,13H,2,5-6,8H2,1H3. The number of amides is 1. The monoisotopic (exact) mass is 337 g/mol. The molecule has 0 aromatic heterocycles. The lowest BCUT2D eigenvalue weighted by molar-refractivity contribution is -0.140. The van der Waals surface area contributed by atoms with Crippen molar-refractivity contribution in [3.8, 4) is 0 Å². The highest BCUT2D eigenvalue weighted by Gasteiger charge is 2.36. The van der Waals surface area contributed by atoms with E-state index in [2.05, 4.69) is 0 Å². The summed E-state index contributed by atoms with van der Waals surface area (Å²) in [6.45, 7) is 0.898. The Hall–Kier alpha value is -1.28. The summed E-state index contributed by atoms with van der Waals surface area (Å²) < 4.78 is 56.3. The van der Waals surface area contributed by atoms with Crippen molar-refractivity contribution in [1.82, 2.24) is 4.90 Å². The molecular formula is C14H15F4NO2S. The quantitative estimate of drug-likeness (QED) is 0.609. The summed E-state index contributed by atoms with van der Waals surface area (Å²) in [5.41, 5.74) is -0.935. The molecule has 1 aromatic carbocycles. The van der Waals surface area contributed by atoms with E-state index in [1.165, 1.54) is 17.8 Å². The molecule has 22 heavy (non-hydrogen) atoms. The van der Waals surface area contributed by atoms with Crippen LogP contribution < -0.4 is 0 Å². The first-order valence-corrected chi connectivity index (χ1v) is 7.66. The Bertz CT molecular complexity index is 550. The minimum Gasteiger partial charge on any atom is -0.385 e. The molecule has 1 aliphatic heterocycles. The van der Waals surface area contributed by atoms with Gasteiger partial charge in [-0.15, -0.1) is 11.8 Å². The third kappa shape index (κ3) is 3.73. The van der Waals surface area contributed by atoms with Crippen LogP contribution in [-0.2, 0) is 15.7 Å². The number of benzene rings is 1. The largest absolute Gasteiger partial charge is 0.419 e. The zero-order valence-corrected chi connectivity index (χ0v) is 12.6. The van der Waals surface area contributed by atoms with Crippen LogP contribution in [0.1, 0.15) is 22.9 Å². The first-order chi connectivity index (χ1) is 10.3. The van der Waals surface area contributed by atoms with Crippen molar-refractivity contribution >= 4 is 17.7 Å². The Morgan fingerprint density at radius 2 is 2.14 bits per heavy atom. The summed E-state index contributed by atoms with van der Waals surface area (Å²) in [7, 11) is 1.54. The normalized spacial score (nSPS) is 19.0. The lowest BCUT2D eigenvalue weighted by Crippen LogP contribution is -2.30. The van der Waals surface area contributed by atoms with Gasteiger partial charge in [0.05, 0.1) is 11.3 Å². The maximum Gasteiger partial charge on any atom is 0.419 e. The molecule has 0 aliphatic carbocycles. The number of hydrogen-bond donors (Lipinski definition) is 0. The van der Waals surface area contributed by atoms with Crippen LogP contribution >= 0.6 is 11.8 Å². The summed E-state index contributed by atoms with van der Waals surface area (Å²) >= 11 is 1.28. The van der Waals surface area contributed by atoms with Gasteiger partial charge in [-0.3, -0.25) is 4.79 Å². The number of halogens is 4. The zero-order chi connectivity index (χ0) is 16.3. The van der Waals surface area contributed by atoms with E-state index in [0.717, 1.165) is 12.1 Å². The SMILES string of the molecule is COCCCN1C(=O)CSC1c1ccc(C(F)(F)F)c(F)c1. The molecule has 1 aromatic rings. The van der Waals surface area contributed by atoms with Gasteiger partial charge in [-0.25, -0.2) is 4.39 Å². The molecule has 1 fully saturated rings. The number of nitrogens with zero attached hydrogens (tertiary/aromatic N) is 1. The second kappa shape index (κ2) is 6.87. The van der Waals surface area contributed by atoms with Crippen LogP contribution in [0.3, 0.4) is 0 Å². The summed E-state index contributed by atoms with van der Waals surface area (Å²) in [5, 5.41) is -0.457. The van der Waals surface area contributed by atoms with Gasteiger partial charge in [0.2, 0.25) is 5.91 Å². The molecule has 1 unspecified atom stereocenters. The maximum atomic E-state index is 13.7. The van der Waals surface area contributed by atoms with E-state index >= 15 is 0 Å². The van der Waals surface area contributed by atoms with Gasteiger partial charge in [0.25, 0.3) is 0 Å². The third-order valence-corrected chi connectivity index (χ3v) is 4.56. The van der Waals surface area contributed by atoms with E-state index in [1.54, 1.807) is 12.0 Å². The second-order valence-electron chi connectivity index (χ2n) is 4.83. The van der Waals surface area contributed by atoms with Crippen molar-refractivity contribution in [1.29, 1.82) is 0 Å². The molecule has 1 heterocycles. The average molecular weight is 337 g/mol. The van der Waals surface area contributed by atoms with Crippen molar-refractivity contribution in [2.24, 2.45) is 0 Å². The lowest BCUT2D eigenvalue weighted by atomic mass is 10.1. The number of hydrogen-bond acceptors (Lipinski definition) is 3. The number of ether oxygens (including phenoxy) is 1. The molecule has 0 radical (unpaired) electrons. The van der Waals surface area contributed by atoms with Gasteiger partial charge in [0, 0.05) is 20.3 Å². The van der Waals surface area contributed by atoms with Crippen LogP contribution in [0.4, 0.5) is 17.6 Å². The molecule has 1 atom stereocenters. The second-order valence-corrected chi connectivity index (χ2v) is 5.90. The molecule has 0 spiro atoms. The highest BCUT2D eigenvalue weighted by Crippen LogP contribution is 2.40. The zero-order valence-electron chi connectivity index (χ0n) is 11.8. The molecule has 0 saturated carbocycles. The van der Waals surface area contributed by atoms with E-state index in [9.17, 15) is 22.4 Å². The predicted octanol–water partition coefficient (Wildman–Crippen LogP) is 3.46. The smallest absolute Gasteiger partial charge is 0.385 e. The number of methoxy groups -OCH3 is 1. The summed E-state index contributed by atoms with van der Waals surface area (Å²) in [6.07, 6.45) is -4.11. The van der Waals surface area contributed by atoms with E-state index in [0.29, 0.717) is 25.1 Å². The van der Waals surface area contributed by atoms with Crippen LogP contribution in [0.25, 0.3) is 0 Å². The predicted molar refractivity (Wildman–Crippen MR) is 74.8 cm³/mol. The van der Waals surface area contributed by atoms with Gasteiger partial charge in [0.1, 0.15) is 11.2 Å². The third-order valence-electron chi connectivity index (χ3n) is 3.30. The van der Waals surface area contributed by atoms with Gasteiger partial charge in [0.15, 0.2) is 0 Å². The Balaban J connectivity index is 2.19. The van der Waals surface area contributed by atoms with Crippen LogP contribution in [0.2, 0.25) is 0 Å². The Morgan fingerprint density at radius 3 is 2.73 bits per heavy atom. The van der Waals surface area contributed by atoms with Gasteiger partial charge in [-0.2, -0.15) is 13.2 Å². The molecule has 3 nitrogen and oxygen atoms in total. The fourth-order valence-electron chi connectivity index (χ4n) is 2.27. The molecule has 1 amide bonds. The van der Waals surface area contributed by atoms with Crippen LogP contribution in [0.15, 0.2) is 18.2 Å². The number of rotatable bonds is 5. The lowest BCUT2D eigenvalue weighted by Gasteiger charge is -2.24. The molecular weight excluding hydrogens is 322 g/mol. The van der Waals surface area contributed by atoms with Gasteiger partial charge < -0.3 is 9.64 Å². The summed E-state index contributed by atoms with van der Waals surface area (Å²) in [5.74, 6) is -1.19. The van der Waals surface area contributed by atoms with E-state index in [-0.39, 0.29) is 11.7 Å². The fraction of sp³-hybridized carbons (Fsp3) is 0.500. The Kier molecular flexibility index (Phi) is 5.33. The molecule has 1 saturated heterocycles. The molecule has 0 bridgehead atoms. The van der Waals surface area contributed by atoms with Crippen LogP contribution in [0.5, 0.6) is 0 Å². The summed E-state index contributed by atoms with van der Waals surface area (Å²) in [4.78, 5) is 13.4. The van der Waals surface area contributed by atoms with Gasteiger partial charge in [-0.1, -0.05) is 6.07 Å². The van der Waals surface area contributed by atoms with Crippen molar-refractivity contribution in [2.75, 3.05) is 26.0 Å². The molecule has 2 rings (SSSR count). The molecule has 0 N–H and O–H groups in total. The van der Waals surface area contributed by atoms with Crippen molar-refractivity contribution < 1.29 is 27.1 Å². The van der Waals surface area contributed by atoms with Crippen LogP contribution in [0, 0.1) is 5.82 Å². The van der Waals surface area contributed by atoms with E-state index in [4.69, 9.17) is 4.74 Å². The Labute approximate surface area is 129 Å². The number of alkyl halides is 3. The highest BCUT2D eigenvalue weighted by molar-refractivity contribution is 8.00. The maximum absolute atomic E-state index is 13.7. The fourth-order valence-corrected chi connectivity index (χ4v) is 3.47. The van der Waals surface area contributed by atoms with E-state index in [1.807, 2.05) is 0 Å². The molecule has 122 valence electrons. The first kappa shape index (κ1) is 17.1. The summed E-state index contributed by atoms with van der Waals surface area (Å²) in [6, 6.07) is 2.81. The van der Waals surface area contributed by atoms with E-state index < -0.39 is 22.9 Å². The molecule has 8 heteroatoms. The highest BCUT2D eigenvalue weighted by atomic mass is 32.2. The number of carbonyl (C=O) groups excluding carboxylic acids is 1.